The predicted octanol–water partition coefficient (Wildman–Crippen LogP) is 3.80. The molecule has 3 aromatic rings. The number of amidine groups is 1. The molecule has 4 heterocycles. The number of hydrogen-bond donors (Lipinski definition) is 1. The SMILES string of the molecule is CC1=COC(Cn2nc(C)c3cc(NC4=NCc5cccnc54)ccc32)C1. The Kier molecular flexibility index (Phi) is 3.70. The first-order valence-electron chi connectivity index (χ1n) is 9.21. The van der Waals surface area contributed by atoms with Crippen LogP contribution in [-0.4, -0.2) is 26.7 Å². The number of aryl methyl sites for hydroxylation is 1. The first-order valence-corrected chi connectivity index (χ1v) is 9.21. The maximum absolute atomic E-state index is 5.72. The second kappa shape index (κ2) is 6.23. The molecule has 0 saturated heterocycles. The summed E-state index contributed by atoms with van der Waals surface area (Å²) in [6, 6.07) is 10.3. The zero-order chi connectivity index (χ0) is 18.4. The first kappa shape index (κ1) is 16.1. The number of hydrogen-bond acceptors (Lipinski definition) is 5. The van der Waals surface area contributed by atoms with Crippen LogP contribution in [0, 0.1) is 6.92 Å². The number of ether oxygens (including phenoxy) is 1. The van der Waals surface area contributed by atoms with Gasteiger partial charge in [-0.15, -0.1) is 0 Å². The van der Waals surface area contributed by atoms with E-state index in [2.05, 4.69) is 51.2 Å². The summed E-state index contributed by atoms with van der Waals surface area (Å²) in [5.41, 5.74) is 6.51. The zero-order valence-electron chi connectivity index (χ0n) is 15.4. The largest absolute Gasteiger partial charge is 0.496 e. The highest BCUT2D eigenvalue weighted by atomic mass is 16.5. The molecule has 0 amide bonds. The van der Waals surface area contributed by atoms with Crippen LogP contribution in [0.4, 0.5) is 5.69 Å². The van der Waals surface area contributed by atoms with Gasteiger partial charge >= 0.3 is 0 Å². The van der Waals surface area contributed by atoms with E-state index in [4.69, 9.17) is 9.84 Å². The summed E-state index contributed by atoms with van der Waals surface area (Å²) >= 11 is 0. The smallest absolute Gasteiger partial charge is 0.152 e. The van der Waals surface area contributed by atoms with E-state index in [1.807, 2.05) is 19.3 Å². The molecule has 27 heavy (non-hydrogen) atoms. The number of nitrogens with zero attached hydrogens (tertiary/aromatic N) is 4. The number of anilines is 1. The molecule has 2 aliphatic rings. The van der Waals surface area contributed by atoms with Crippen molar-refractivity contribution in [3.8, 4) is 0 Å². The van der Waals surface area contributed by atoms with Crippen LogP contribution in [0.5, 0.6) is 0 Å². The minimum atomic E-state index is 0.167. The van der Waals surface area contributed by atoms with Crippen LogP contribution < -0.4 is 5.32 Å². The van der Waals surface area contributed by atoms with Gasteiger partial charge in [0, 0.05) is 29.3 Å². The van der Waals surface area contributed by atoms with Gasteiger partial charge in [-0.05, 0) is 43.7 Å². The third-order valence-corrected chi connectivity index (χ3v) is 5.11. The van der Waals surface area contributed by atoms with E-state index in [0.29, 0.717) is 6.54 Å². The molecular formula is C21H21N5O. The van der Waals surface area contributed by atoms with E-state index in [-0.39, 0.29) is 6.10 Å². The molecule has 0 spiro atoms. The second-order valence-electron chi connectivity index (χ2n) is 7.23. The van der Waals surface area contributed by atoms with Gasteiger partial charge in [0.25, 0.3) is 0 Å². The zero-order valence-corrected chi connectivity index (χ0v) is 15.4. The van der Waals surface area contributed by atoms with Crippen LogP contribution in [0.15, 0.2) is 53.4 Å². The van der Waals surface area contributed by atoms with Crippen molar-refractivity contribution in [2.24, 2.45) is 4.99 Å². The second-order valence-corrected chi connectivity index (χ2v) is 7.23. The molecule has 0 bridgehead atoms. The summed E-state index contributed by atoms with van der Waals surface area (Å²) in [4.78, 5) is 9.04. The van der Waals surface area contributed by atoms with Crippen molar-refractivity contribution < 1.29 is 4.74 Å². The van der Waals surface area contributed by atoms with Gasteiger partial charge in [0.2, 0.25) is 0 Å². The maximum Gasteiger partial charge on any atom is 0.152 e. The lowest BCUT2D eigenvalue weighted by molar-refractivity contribution is 0.148. The Hall–Kier alpha value is -3.15. The van der Waals surface area contributed by atoms with E-state index in [0.717, 1.165) is 52.3 Å². The summed E-state index contributed by atoms with van der Waals surface area (Å²) in [6.45, 7) is 5.59. The van der Waals surface area contributed by atoms with Crippen LogP contribution in [-0.2, 0) is 17.8 Å². The Morgan fingerprint density at radius 2 is 2.19 bits per heavy atom. The molecule has 0 fully saturated rings. The molecule has 1 N–H and O–H groups in total. The van der Waals surface area contributed by atoms with E-state index in [1.54, 1.807) is 6.20 Å². The van der Waals surface area contributed by atoms with Crippen LogP contribution >= 0.6 is 0 Å². The van der Waals surface area contributed by atoms with Gasteiger partial charge in [0.05, 0.1) is 30.6 Å². The summed E-state index contributed by atoms with van der Waals surface area (Å²) < 4.78 is 7.77. The van der Waals surface area contributed by atoms with E-state index in [9.17, 15) is 0 Å². The van der Waals surface area contributed by atoms with E-state index < -0.39 is 0 Å². The molecule has 136 valence electrons. The van der Waals surface area contributed by atoms with Gasteiger partial charge < -0.3 is 10.1 Å². The fourth-order valence-electron chi connectivity index (χ4n) is 3.78. The molecule has 2 aliphatic heterocycles. The van der Waals surface area contributed by atoms with Gasteiger partial charge in [-0.2, -0.15) is 5.10 Å². The maximum atomic E-state index is 5.72. The van der Waals surface area contributed by atoms with Gasteiger partial charge in [0.1, 0.15) is 11.8 Å². The summed E-state index contributed by atoms with van der Waals surface area (Å²) in [7, 11) is 0. The lowest BCUT2D eigenvalue weighted by atomic mass is 10.1. The van der Waals surface area contributed by atoms with Gasteiger partial charge in [-0.3, -0.25) is 14.7 Å². The van der Waals surface area contributed by atoms with Gasteiger partial charge in [-0.1, -0.05) is 6.07 Å². The molecule has 6 nitrogen and oxygen atoms in total. The van der Waals surface area contributed by atoms with Gasteiger partial charge in [-0.25, -0.2) is 0 Å². The Morgan fingerprint density at radius 1 is 1.26 bits per heavy atom. The number of aliphatic imine (C=N–C) groups is 1. The lowest BCUT2D eigenvalue weighted by Gasteiger charge is -2.12. The van der Waals surface area contributed by atoms with Crippen molar-refractivity contribution in [3.63, 3.8) is 0 Å². The fraction of sp³-hybridized carbons (Fsp3) is 0.286. The lowest BCUT2D eigenvalue weighted by Crippen LogP contribution is -2.16. The van der Waals surface area contributed by atoms with Crippen molar-refractivity contribution >= 4 is 22.4 Å². The van der Waals surface area contributed by atoms with Crippen LogP contribution in [0.25, 0.3) is 10.9 Å². The Morgan fingerprint density at radius 3 is 3.04 bits per heavy atom. The summed E-state index contributed by atoms with van der Waals surface area (Å²) in [6.07, 6.45) is 4.80. The standard InChI is InChI=1S/C21H21N5O/c1-13-8-17(27-12-13)11-26-19-6-5-16(9-18(19)14(2)25-26)24-21-20-15(10-23-21)4-3-7-22-20/h3-7,9,12,17H,8,10-11H2,1-2H3,(H,23,24). The number of aromatic nitrogens is 3. The number of nitrogens with one attached hydrogen (secondary N) is 1. The number of fused-ring (bicyclic) bond motifs is 2. The Balaban J connectivity index is 1.41. The number of pyridine rings is 1. The molecule has 1 unspecified atom stereocenters. The van der Waals surface area contributed by atoms with E-state index in [1.165, 1.54) is 5.57 Å². The Labute approximate surface area is 157 Å². The van der Waals surface area contributed by atoms with E-state index >= 15 is 0 Å². The van der Waals surface area contributed by atoms with Crippen LogP contribution in [0.1, 0.15) is 30.3 Å². The summed E-state index contributed by atoms with van der Waals surface area (Å²) in [5, 5.41) is 9.29. The highest BCUT2D eigenvalue weighted by molar-refractivity contribution is 6.09. The monoisotopic (exact) mass is 359 g/mol. The average Bonchev–Trinajstić information content (AvgIpc) is 3.35. The number of benzene rings is 1. The molecule has 0 saturated carbocycles. The quantitative estimate of drug-likeness (QED) is 0.772. The molecule has 1 aromatic carbocycles. The average molecular weight is 359 g/mol. The molecule has 0 radical (unpaired) electrons. The van der Waals surface area contributed by atoms with Crippen molar-refractivity contribution in [1.29, 1.82) is 0 Å². The van der Waals surface area contributed by atoms with Crippen molar-refractivity contribution in [2.75, 3.05) is 5.32 Å². The number of rotatable bonds is 3. The van der Waals surface area contributed by atoms with Crippen molar-refractivity contribution in [3.05, 3.63) is 65.3 Å². The first-order chi connectivity index (χ1) is 13.2. The van der Waals surface area contributed by atoms with Crippen LogP contribution in [0.2, 0.25) is 0 Å². The minimum absolute atomic E-state index is 0.167. The third-order valence-electron chi connectivity index (χ3n) is 5.11. The van der Waals surface area contributed by atoms with Crippen LogP contribution in [0.3, 0.4) is 0 Å². The highest BCUT2D eigenvalue weighted by Crippen LogP contribution is 2.26. The summed E-state index contributed by atoms with van der Waals surface area (Å²) in [5.74, 6) is 0.830. The predicted molar refractivity (Wildman–Crippen MR) is 106 cm³/mol. The molecular weight excluding hydrogens is 338 g/mol. The topological polar surface area (TPSA) is 64.3 Å². The molecule has 1 atom stereocenters. The van der Waals surface area contributed by atoms with Crippen molar-refractivity contribution in [1.82, 2.24) is 14.8 Å². The molecule has 2 aromatic heterocycles. The fourth-order valence-corrected chi connectivity index (χ4v) is 3.78. The van der Waals surface area contributed by atoms with Gasteiger partial charge in [0.15, 0.2) is 5.84 Å². The normalized spacial score (nSPS) is 18.2. The molecule has 5 rings (SSSR count). The van der Waals surface area contributed by atoms with Crippen molar-refractivity contribution in [2.45, 2.75) is 39.5 Å². The minimum Gasteiger partial charge on any atom is -0.496 e. The third kappa shape index (κ3) is 2.87. The highest BCUT2D eigenvalue weighted by Gasteiger charge is 2.20. The molecule has 0 aliphatic carbocycles. The Bertz CT molecular complexity index is 1100. The molecule has 6 heteroatoms.